The van der Waals surface area contributed by atoms with Crippen LogP contribution >= 0.6 is 0 Å². The largest absolute Gasteiger partial charge is 0.192 e. The average molecular weight is 351 g/mol. The first-order valence-corrected chi connectivity index (χ1v) is 10.0. The molecule has 1 nitrogen and oxygen atoms in total. The lowest BCUT2D eigenvalue weighted by Crippen LogP contribution is -2.05. The molecule has 0 saturated carbocycles. The molecule has 0 N–H and O–H groups in total. The second kappa shape index (κ2) is 7.80. The van der Waals surface area contributed by atoms with Gasteiger partial charge < -0.3 is 0 Å². The Labute approximate surface area is 162 Å². The van der Waals surface area contributed by atoms with Crippen LogP contribution in [0, 0.1) is 11.3 Å². The lowest BCUT2D eigenvalue weighted by molar-refractivity contribution is 0.716. The summed E-state index contributed by atoms with van der Waals surface area (Å²) >= 11 is 0. The van der Waals surface area contributed by atoms with Gasteiger partial charge >= 0.3 is 0 Å². The number of rotatable bonds is 5. The van der Waals surface area contributed by atoms with E-state index in [0.29, 0.717) is 5.56 Å². The van der Waals surface area contributed by atoms with Gasteiger partial charge in [-0.3, -0.25) is 0 Å². The molecule has 0 aromatic heterocycles. The van der Waals surface area contributed by atoms with Crippen LogP contribution in [0.4, 0.5) is 0 Å². The highest BCUT2D eigenvalue weighted by molar-refractivity contribution is 5.77. The molecule has 1 heteroatoms. The van der Waals surface area contributed by atoms with Gasteiger partial charge in [-0.25, -0.2) is 0 Å². The van der Waals surface area contributed by atoms with Crippen molar-refractivity contribution in [3.8, 4) is 28.3 Å². The summed E-state index contributed by atoms with van der Waals surface area (Å²) in [5, 5.41) is 8.98. The minimum Gasteiger partial charge on any atom is -0.192 e. The molecule has 4 rings (SSSR count). The lowest BCUT2D eigenvalue weighted by atomic mass is 9.83. The van der Waals surface area contributed by atoms with Crippen LogP contribution in [-0.2, 0) is 19.3 Å². The second-order valence-electron chi connectivity index (χ2n) is 7.51. The number of unbranched alkanes of at least 4 members (excludes halogenated alkanes) is 2. The zero-order chi connectivity index (χ0) is 18.6. The summed E-state index contributed by atoms with van der Waals surface area (Å²) < 4.78 is 0. The highest BCUT2D eigenvalue weighted by atomic mass is 14.2. The minimum absolute atomic E-state index is 0.709. The standard InChI is InChI=1S/C26H25N/c1-2-3-4-5-19-8-14-25-23(16-19)11-12-24-17-22(13-15-26(24)25)21-9-6-20(18-27)7-10-21/h6-10,13-17H,2-5,11-12H2,1H3. The molecule has 0 unspecified atom stereocenters. The van der Waals surface area contributed by atoms with Crippen LogP contribution in [0.15, 0.2) is 60.7 Å². The quantitative estimate of drug-likeness (QED) is 0.468. The number of aryl methyl sites for hydroxylation is 3. The Balaban J connectivity index is 1.62. The molecule has 0 fully saturated rings. The molecule has 3 aromatic rings. The SMILES string of the molecule is CCCCCc1ccc2c(c1)CCc1cc(-c3ccc(C#N)cc3)ccc1-2. The maximum Gasteiger partial charge on any atom is 0.0991 e. The Morgan fingerprint density at radius 1 is 0.778 bits per heavy atom. The van der Waals surface area contributed by atoms with Gasteiger partial charge in [0.25, 0.3) is 0 Å². The molecule has 134 valence electrons. The van der Waals surface area contributed by atoms with Crippen LogP contribution in [0.1, 0.15) is 48.4 Å². The van der Waals surface area contributed by atoms with Gasteiger partial charge in [0.2, 0.25) is 0 Å². The molecule has 3 aromatic carbocycles. The number of nitrogens with zero attached hydrogens (tertiary/aromatic N) is 1. The average Bonchev–Trinajstić information content (AvgIpc) is 2.73. The van der Waals surface area contributed by atoms with Crippen molar-refractivity contribution in [3.63, 3.8) is 0 Å². The summed E-state index contributed by atoms with van der Waals surface area (Å²) in [6.45, 7) is 2.26. The molecule has 0 atom stereocenters. The highest BCUT2D eigenvalue weighted by Gasteiger charge is 2.17. The fraction of sp³-hybridized carbons (Fsp3) is 0.269. The first kappa shape index (κ1) is 17.6. The number of hydrogen-bond donors (Lipinski definition) is 0. The summed E-state index contributed by atoms with van der Waals surface area (Å²) in [7, 11) is 0. The molecule has 0 heterocycles. The van der Waals surface area contributed by atoms with Gasteiger partial charge in [0.05, 0.1) is 11.6 Å². The van der Waals surface area contributed by atoms with E-state index in [1.165, 1.54) is 64.6 Å². The fourth-order valence-electron chi connectivity index (χ4n) is 4.10. The number of fused-ring (bicyclic) bond motifs is 3. The predicted molar refractivity (Wildman–Crippen MR) is 113 cm³/mol. The Morgan fingerprint density at radius 3 is 2.15 bits per heavy atom. The van der Waals surface area contributed by atoms with Crippen molar-refractivity contribution in [2.75, 3.05) is 0 Å². The van der Waals surface area contributed by atoms with Gasteiger partial charge in [-0.05, 0) is 76.8 Å². The van der Waals surface area contributed by atoms with Gasteiger partial charge in [0.1, 0.15) is 0 Å². The Bertz CT molecular complexity index is 990. The summed E-state index contributed by atoms with van der Waals surface area (Å²) in [4.78, 5) is 0. The summed E-state index contributed by atoms with van der Waals surface area (Å²) in [5.74, 6) is 0. The number of benzene rings is 3. The molecule has 1 aliphatic rings. The third kappa shape index (κ3) is 3.67. The Hall–Kier alpha value is -2.85. The smallest absolute Gasteiger partial charge is 0.0991 e. The highest BCUT2D eigenvalue weighted by Crippen LogP contribution is 2.36. The molecular formula is C26H25N. The first-order chi connectivity index (χ1) is 13.3. The van der Waals surface area contributed by atoms with Crippen molar-refractivity contribution in [2.24, 2.45) is 0 Å². The van der Waals surface area contributed by atoms with E-state index in [0.717, 1.165) is 12.8 Å². The van der Waals surface area contributed by atoms with Gasteiger partial charge in [0.15, 0.2) is 0 Å². The maximum atomic E-state index is 8.98. The van der Waals surface area contributed by atoms with Gasteiger partial charge in [-0.15, -0.1) is 0 Å². The molecule has 0 saturated heterocycles. The third-order valence-electron chi connectivity index (χ3n) is 5.65. The van der Waals surface area contributed by atoms with E-state index >= 15 is 0 Å². The molecule has 0 amide bonds. The monoisotopic (exact) mass is 351 g/mol. The normalized spacial score (nSPS) is 12.1. The van der Waals surface area contributed by atoms with Gasteiger partial charge in [0, 0.05) is 0 Å². The number of nitriles is 1. The summed E-state index contributed by atoms with van der Waals surface area (Å²) in [6.07, 6.45) is 7.31. The van der Waals surface area contributed by atoms with Crippen LogP contribution in [0.2, 0.25) is 0 Å². The lowest BCUT2D eigenvalue weighted by Gasteiger charge is -2.21. The van der Waals surface area contributed by atoms with Crippen LogP contribution in [0.3, 0.4) is 0 Å². The predicted octanol–water partition coefficient (Wildman–Crippen LogP) is 6.72. The van der Waals surface area contributed by atoms with Crippen LogP contribution in [-0.4, -0.2) is 0 Å². The fourth-order valence-corrected chi connectivity index (χ4v) is 4.10. The van der Waals surface area contributed by atoms with Crippen LogP contribution in [0.25, 0.3) is 22.3 Å². The van der Waals surface area contributed by atoms with Crippen LogP contribution in [0.5, 0.6) is 0 Å². The molecule has 0 aliphatic heterocycles. The number of hydrogen-bond acceptors (Lipinski definition) is 1. The summed E-state index contributed by atoms with van der Waals surface area (Å²) in [5.41, 5.74) is 10.3. The first-order valence-electron chi connectivity index (χ1n) is 10.0. The van der Waals surface area contributed by atoms with E-state index in [9.17, 15) is 0 Å². The van der Waals surface area contributed by atoms with E-state index in [1.54, 1.807) is 0 Å². The van der Waals surface area contributed by atoms with Gasteiger partial charge in [-0.2, -0.15) is 5.26 Å². The van der Waals surface area contributed by atoms with Crippen molar-refractivity contribution >= 4 is 0 Å². The maximum absolute atomic E-state index is 8.98. The Morgan fingerprint density at radius 2 is 1.44 bits per heavy atom. The van der Waals surface area contributed by atoms with Crippen molar-refractivity contribution in [1.29, 1.82) is 5.26 Å². The minimum atomic E-state index is 0.709. The molecular weight excluding hydrogens is 326 g/mol. The summed E-state index contributed by atoms with van der Waals surface area (Å²) in [6, 6.07) is 24.0. The van der Waals surface area contributed by atoms with E-state index in [4.69, 9.17) is 5.26 Å². The molecule has 0 spiro atoms. The third-order valence-corrected chi connectivity index (χ3v) is 5.65. The van der Waals surface area contributed by atoms with Crippen molar-refractivity contribution in [3.05, 3.63) is 82.9 Å². The van der Waals surface area contributed by atoms with Gasteiger partial charge in [-0.1, -0.05) is 68.3 Å². The molecule has 0 radical (unpaired) electrons. The molecule has 27 heavy (non-hydrogen) atoms. The van der Waals surface area contributed by atoms with E-state index in [1.807, 2.05) is 24.3 Å². The zero-order valence-electron chi connectivity index (χ0n) is 16.0. The van der Waals surface area contributed by atoms with E-state index < -0.39 is 0 Å². The second-order valence-corrected chi connectivity index (χ2v) is 7.51. The van der Waals surface area contributed by atoms with Crippen molar-refractivity contribution in [1.82, 2.24) is 0 Å². The topological polar surface area (TPSA) is 23.8 Å². The van der Waals surface area contributed by atoms with Crippen LogP contribution < -0.4 is 0 Å². The Kier molecular flexibility index (Phi) is 5.07. The zero-order valence-corrected chi connectivity index (χ0v) is 16.0. The van der Waals surface area contributed by atoms with Crippen molar-refractivity contribution in [2.45, 2.75) is 45.4 Å². The molecule has 0 bridgehead atoms. The van der Waals surface area contributed by atoms with E-state index in [2.05, 4.69) is 49.4 Å². The van der Waals surface area contributed by atoms with E-state index in [-0.39, 0.29) is 0 Å². The van der Waals surface area contributed by atoms with Crippen molar-refractivity contribution < 1.29 is 0 Å². The molecule has 1 aliphatic carbocycles.